The molecule has 1 heterocycles. The first-order valence-electron chi connectivity index (χ1n) is 6.20. The van der Waals surface area contributed by atoms with Crippen molar-refractivity contribution in [1.29, 1.82) is 0 Å². The first kappa shape index (κ1) is 18.1. The number of carbonyl (C=O) groups excluding carboxylic acids is 1. The summed E-state index contributed by atoms with van der Waals surface area (Å²) in [6, 6.07) is 5.53. The lowest BCUT2D eigenvalue weighted by Crippen LogP contribution is -2.20. The average molecular weight is 369 g/mol. The molecule has 0 aliphatic carbocycles. The van der Waals surface area contributed by atoms with E-state index < -0.39 is 35.2 Å². The normalized spacial score (nSPS) is 12.1. The van der Waals surface area contributed by atoms with Crippen molar-refractivity contribution in [2.24, 2.45) is 0 Å². The predicted octanol–water partition coefficient (Wildman–Crippen LogP) is 5.02. The third-order valence-corrected chi connectivity index (χ3v) is 3.03. The Morgan fingerprint density at radius 3 is 2.04 bits per heavy atom. The van der Waals surface area contributed by atoms with Gasteiger partial charge in [0.25, 0.3) is 5.91 Å². The minimum Gasteiger partial charge on any atom is -0.321 e. The number of halogens is 7. The van der Waals surface area contributed by atoms with Gasteiger partial charge < -0.3 is 5.32 Å². The van der Waals surface area contributed by atoms with Crippen LogP contribution >= 0.6 is 11.6 Å². The molecule has 0 spiro atoms. The average Bonchev–Trinajstić information content (AvgIpc) is 2.47. The van der Waals surface area contributed by atoms with E-state index in [1.165, 1.54) is 24.3 Å². The molecule has 0 aliphatic heterocycles. The number of alkyl halides is 6. The summed E-state index contributed by atoms with van der Waals surface area (Å²) in [7, 11) is 0. The quantitative estimate of drug-likeness (QED) is 0.756. The van der Waals surface area contributed by atoms with Crippen LogP contribution in [0.2, 0.25) is 5.02 Å². The minimum absolute atomic E-state index is 0.136. The van der Waals surface area contributed by atoms with Gasteiger partial charge in [0, 0.05) is 10.7 Å². The van der Waals surface area contributed by atoms with Crippen molar-refractivity contribution in [1.82, 2.24) is 4.98 Å². The largest absolute Gasteiger partial charge is 0.433 e. The van der Waals surface area contributed by atoms with E-state index in [9.17, 15) is 31.1 Å². The minimum atomic E-state index is -5.13. The molecule has 0 atom stereocenters. The molecule has 2 rings (SSSR count). The van der Waals surface area contributed by atoms with Crippen molar-refractivity contribution in [2.45, 2.75) is 12.4 Å². The fourth-order valence-corrected chi connectivity index (χ4v) is 1.81. The van der Waals surface area contributed by atoms with E-state index in [0.29, 0.717) is 5.02 Å². The third kappa shape index (κ3) is 4.38. The number of amides is 1. The lowest BCUT2D eigenvalue weighted by atomic mass is 10.1. The number of benzene rings is 1. The summed E-state index contributed by atoms with van der Waals surface area (Å²) in [6.45, 7) is 0. The first-order chi connectivity index (χ1) is 11.0. The van der Waals surface area contributed by atoms with Gasteiger partial charge in [-0.2, -0.15) is 26.3 Å². The number of pyridine rings is 1. The van der Waals surface area contributed by atoms with E-state index >= 15 is 0 Å². The van der Waals surface area contributed by atoms with Crippen molar-refractivity contribution in [3.8, 4) is 0 Å². The van der Waals surface area contributed by atoms with Crippen LogP contribution in [0.1, 0.15) is 21.7 Å². The van der Waals surface area contributed by atoms with Crippen LogP contribution in [-0.2, 0) is 12.4 Å². The van der Waals surface area contributed by atoms with Crippen LogP contribution in [0.3, 0.4) is 0 Å². The van der Waals surface area contributed by atoms with E-state index in [4.69, 9.17) is 11.6 Å². The van der Waals surface area contributed by atoms with Crippen LogP contribution in [-0.4, -0.2) is 10.9 Å². The van der Waals surface area contributed by atoms with Crippen molar-refractivity contribution in [2.75, 3.05) is 5.32 Å². The zero-order chi connectivity index (χ0) is 18.1. The van der Waals surface area contributed by atoms with Gasteiger partial charge in [0.05, 0.1) is 5.56 Å². The second-order valence-electron chi connectivity index (χ2n) is 4.58. The highest BCUT2D eigenvalue weighted by atomic mass is 35.5. The molecular formula is C14H7ClF6N2O. The fourth-order valence-electron chi connectivity index (χ4n) is 1.68. The Hall–Kier alpha value is -2.29. The van der Waals surface area contributed by atoms with E-state index in [-0.39, 0.29) is 17.8 Å². The molecule has 1 aromatic carbocycles. The number of hydrogen-bond donors (Lipinski definition) is 1. The lowest BCUT2D eigenvalue weighted by Gasteiger charge is -2.13. The molecule has 24 heavy (non-hydrogen) atoms. The number of hydrogen-bond acceptors (Lipinski definition) is 2. The Morgan fingerprint density at radius 1 is 0.958 bits per heavy atom. The van der Waals surface area contributed by atoms with Gasteiger partial charge in [-0.25, -0.2) is 4.98 Å². The van der Waals surface area contributed by atoms with Gasteiger partial charge in [-0.05, 0) is 36.4 Å². The molecule has 1 amide bonds. The van der Waals surface area contributed by atoms with E-state index in [1.54, 1.807) is 0 Å². The summed E-state index contributed by atoms with van der Waals surface area (Å²) in [5.41, 5.74) is -4.30. The Labute approximate surface area is 136 Å². The Balaban J connectivity index is 2.40. The number of rotatable bonds is 2. The molecule has 0 aliphatic rings. The first-order valence-corrected chi connectivity index (χ1v) is 6.58. The summed E-state index contributed by atoms with van der Waals surface area (Å²) in [6.07, 6.45) is -10.2. The van der Waals surface area contributed by atoms with E-state index in [0.717, 1.165) is 0 Å². The van der Waals surface area contributed by atoms with Crippen molar-refractivity contribution in [3.05, 3.63) is 58.4 Å². The highest BCUT2D eigenvalue weighted by Gasteiger charge is 2.38. The molecule has 10 heteroatoms. The molecule has 1 N–H and O–H groups in total. The second-order valence-corrected chi connectivity index (χ2v) is 5.02. The molecular weight excluding hydrogens is 362 g/mol. The summed E-state index contributed by atoms with van der Waals surface area (Å²) >= 11 is 5.63. The standard InChI is InChI=1S/C14H7ClF6N2O/c15-8-1-3-9(4-2-8)22-12(24)10-5-7(13(16,17)18)6-11(23-10)14(19,20)21/h1-6H,(H,22,24). The second kappa shape index (κ2) is 6.31. The number of aromatic nitrogens is 1. The zero-order valence-corrected chi connectivity index (χ0v) is 12.2. The highest BCUT2D eigenvalue weighted by Crippen LogP contribution is 2.34. The van der Waals surface area contributed by atoms with Crippen LogP contribution in [0, 0.1) is 0 Å². The van der Waals surface area contributed by atoms with Gasteiger partial charge >= 0.3 is 12.4 Å². The van der Waals surface area contributed by atoms with Gasteiger partial charge in [0.1, 0.15) is 11.4 Å². The van der Waals surface area contributed by atoms with E-state index in [1.807, 2.05) is 0 Å². The number of anilines is 1. The van der Waals surface area contributed by atoms with Gasteiger partial charge in [0.15, 0.2) is 0 Å². The third-order valence-electron chi connectivity index (χ3n) is 2.78. The maximum Gasteiger partial charge on any atom is 0.433 e. The molecule has 0 saturated heterocycles. The molecule has 0 unspecified atom stereocenters. The molecule has 2 aromatic rings. The van der Waals surface area contributed by atoms with Crippen molar-refractivity contribution in [3.63, 3.8) is 0 Å². The lowest BCUT2D eigenvalue weighted by molar-refractivity contribution is -0.145. The molecule has 0 bridgehead atoms. The zero-order valence-electron chi connectivity index (χ0n) is 11.5. The number of nitrogens with zero attached hydrogens (tertiary/aromatic N) is 1. The molecule has 0 fully saturated rings. The molecule has 0 radical (unpaired) electrons. The Morgan fingerprint density at radius 2 is 1.54 bits per heavy atom. The predicted molar refractivity (Wildman–Crippen MR) is 73.6 cm³/mol. The van der Waals surface area contributed by atoms with Crippen molar-refractivity contribution >= 4 is 23.2 Å². The molecule has 128 valence electrons. The highest BCUT2D eigenvalue weighted by molar-refractivity contribution is 6.30. The molecule has 3 nitrogen and oxygen atoms in total. The number of carbonyl (C=O) groups is 1. The topological polar surface area (TPSA) is 42.0 Å². The van der Waals surface area contributed by atoms with Crippen LogP contribution < -0.4 is 5.32 Å². The monoisotopic (exact) mass is 368 g/mol. The van der Waals surface area contributed by atoms with Gasteiger partial charge in [-0.3, -0.25) is 4.79 Å². The Bertz CT molecular complexity index is 723. The summed E-state index contributed by atoms with van der Waals surface area (Å²) in [4.78, 5) is 14.9. The SMILES string of the molecule is O=C(Nc1ccc(Cl)cc1)c1cc(C(F)(F)F)cc(C(F)(F)F)n1. The van der Waals surface area contributed by atoms with Crippen LogP contribution in [0.5, 0.6) is 0 Å². The van der Waals surface area contributed by atoms with Crippen molar-refractivity contribution < 1.29 is 31.1 Å². The summed E-state index contributed by atoms with van der Waals surface area (Å²) in [5, 5.41) is 2.49. The molecule has 1 aromatic heterocycles. The fraction of sp³-hybridized carbons (Fsp3) is 0.143. The van der Waals surface area contributed by atoms with Crippen LogP contribution in [0.25, 0.3) is 0 Å². The maximum absolute atomic E-state index is 12.7. The van der Waals surface area contributed by atoms with Crippen LogP contribution in [0.4, 0.5) is 32.0 Å². The van der Waals surface area contributed by atoms with Gasteiger partial charge in [-0.15, -0.1) is 0 Å². The van der Waals surface area contributed by atoms with E-state index in [2.05, 4.69) is 10.3 Å². The Kier molecular flexibility index (Phi) is 4.75. The smallest absolute Gasteiger partial charge is 0.321 e. The molecule has 0 saturated carbocycles. The summed E-state index contributed by atoms with van der Waals surface area (Å²) in [5.74, 6) is -1.21. The van der Waals surface area contributed by atoms with Gasteiger partial charge in [0.2, 0.25) is 0 Å². The maximum atomic E-state index is 12.7. The van der Waals surface area contributed by atoms with Gasteiger partial charge in [-0.1, -0.05) is 11.6 Å². The number of nitrogens with one attached hydrogen (secondary N) is 1. The van der Waals surface area contributed by atoms with Crippen LogP contribution in [0.15, 0.2) is 36.4 Å². The summed E-state index contributed by atoms with van der Waals surface area (Å²) < 4.78 is 76.3.